The van der Waals surface area contributed by atoms with Crippen LogP contribution in [-0.2, 0) is 12.8 Å². The Morgan fingerprint density at radius 3 is 2.27 bits per heavy atom. The summed E-state index contributed by atoms with van der Waals surface area (Å²) in [7, 11) is 0. The van der Waals surface area contributed by atoms with Crippen molar-refractivity contribution in [2.45, 2.75) is 19.8 Å². The zero-order valence-corrected chi connectivity index (χ0v) is 16.6. The van der Waals surface area contributed by atoms with Gasteiger partial charge in [0.1, 0.15) is 17.2 Å². The van der Waals surface area contributed by atoms with Gasteiger partial charge >= 0.3 is 0 Å². The van der Waals surface area contributed by atoms with Crippen LogP contribution in [0.15, 0.2) is 83.4 Å². The highest BCUT2D eigenvalue weighted by Gasteiger charge is 2.18. The number of rotatable bonds is 5. The second kappa shape index (κ2) is 7.52. The minimum Gasteiger partial charge on any atom is -0.493 e. The predicted octanol–water partition coefficient (Wildman–Crippen LogP) is 5.18. The van der Waals surface area contributed by atoms with Crippen molar-refractivity contribution in [1.82, 2.24) is 14.4 Å². The molecule has 30 heavy (non-hydrogen) atoms. The summed E-state index contributed by atoms with van der Waals surface area (Å²) in [6.07, 6.45) is 2.89. The third-order valence-electron chi connectivity index (χ3n) is 5.14. The molecular formula is C25H21N3O2. The Hall–Kier alpha value is -3.86. The van der Waals surface area contributed by atoms with Gasteiger partial charge in [-0.2, -0.15) is 0 Å². The van der Waals surface area contributed by atoms with Gasteiger partial charge in [0.25, 0.3) is 0 Å². The molecule has 0 aliphatic carbocycles. The van der Waals surface area contributed by atoms with E-state index < -0.39 is 0 Å². The summed E-state index contributed by atoms with van der Waals surface area (Å²) >= 11 is 0. The number of nitrogens with zero attached hydrogens (tertiary/aromatic N) is 3. The lowest BCUT2D eigenvalue weighted by Crippen LogP contribution is -2.00. The molecule has 0 amide bonds. The van der Waals surface area contributed by atoms with E-state index in [1.807, 2.05) is 73.8 Å². The summed E-state index contributed by atoms with van der Waals surface area (Å²) in [5, 5.41) is 11.0. The Kier molecular flexibility index (Phi) is 4.56. The maximum atomic E-state index is 11.0. The highest BCUT2D eigenvalue weighted by molar-refractivity contribution is 5.63. The summed E-state index contributed by atoms with van der Waals surface area (Å²) in [4.78, 5) is 9.65. The van der Waals surface area contributed by atoms with Gasteiger partial charge in [-0.05, 0) is 24.6 Å². The van der Waals surface area contributed by atoms with Gasteiger partial charge in [0.2, 0.25) is 5.88 Å². The van der Waals surface area contributed by atoms with Crippen LogP contribution in [0.5, 0.6) is 5.88 Å². The summed E-state index contributed by atoms with van der Waals surface area (Å²) in [6.45, 7) is 1.90. The van der Waals surface area contributed by atoms with E-state index in [-0.39, 0.29) is 5.88 Å². The number of furan rings is 1. The maximum absolute atomic E-state index is 11.0. The molecule has 0 saturated heterocycles. The first kappa shape index (κ1) is 18.2. The summed E-state index contributed by atoms with van der Waals surface area (Å²) in [6, 6.07) is 24.0. The summed E-state index contributed by atoms with van der Waals surface area (Å²) in [5.74, 6) is 1.73. The van der Waals surface area contributed by atoms with E-state index in [1.54, 1.807) is 4.40 Å². The van der Waals surface area contributed by atoms with Crippen LogP contribution in [0.1, 0.15) is 28.5 Å². The number of aromatic hydroxyl groups is 1. The molecule has 3 aromatic heterocycles. The van der Waals surface area contributed by atoms with Gasteiger partial charge in [-0.25, -0.2) is 9.97 Å². The van der Waals surface area contributed by atoms with Gasteiger partial charge in [0.05, 0.1) is 17.8 Å². The van der Waals surface area contributed by atoms with Gasteiger partial charge < -0.3 is 9.52 Å². The summed E-state index contributed by atoms with van der Waals surface area (Å²) in [5.41, 5.74) is 4.98. The van der Waals surface area contributed by atoms with E-state index in [9.17, 15) is 5.11 Å². The number of fused-ring (bicyclic) bond motifs is 1. The molecule has 0 unspecified atom stereocenters. The van der Waals surface area contributed by atoms with Crippen LogP contribution in [0.4, 0.5) is 0 Å². The van der Waals surface area contributed by atoms with Crippen molar-refractivity contribution < 1.29 is 9.52 Å². The van der Waals surface area contributed by atoms with Crippen LogP contribution < -0.4 is 0 Å². The molecule has 0 atom stereocenters. The number of aryl methyl sites for hydroxylation is 1. The number of hydrogen-bond acceptors (Lipinski definition) is 4. The molecular weight excluding hydrogens is 374 g/mol. The Labute approximate surface area is 174 Å². The Bertz CT molecular complexity index is 1300. The lowest BCUT2D eigenvalue weighted by molar-refractivity contribution is 0.436. The van der Waals surface area contributed by atoms with Crippen molar-refractivity contribution >= 4 is 5.65 Å². The Balaban J connectivity index is 1.65. The fraction of sp³-hybridized carbons (Fsp3) is 0.120. The van der Waals surface area contributed by atoms with E-state index in [4.69, 9.17) is 14.4 Å². The lowest BCUT2D eigenvalue weighted by atomic mass is 10.1. The van der Waals surface area contributed by atoms with Crippen molar-refractivity contribution in [3.63, 3.8) is 0 Å². The second-order valence-electron chi connectivity index (χ2n) is 7.37. The molecule has 0 fully saturated rings. The van der Waals surface area contributed by atoms with Crippen molar-refractivity contribution in [3.05, 3.63) is 107 Å². The van der Waals surface area contributed by atoms with Crippen LogP contribution in [0.25, 0.3) is 16.9 Å². The topological polar surface area (TPSA) is 63.6 Å². The molecule has 5 nitrogen and oxygen atoms in total. The van der Waals surface area contributed by atoms with E-state index in [0.29, 0.717) is 24.2 Å². The molecule has 0 bridgehead atoms. The van der Waals surface area contributed by atoms with Gasteiger partial charge in [-0.3, -0.25) is 4.40 Å². The van der Waals surface area contributed by atoms with Gasteiger partial charge in [0, 0.05) is 18.2 Å². The molecule has 5 heteroatoms. The molecule has 0 spiro atoms. The Morgan fingerprint density at radius 1 is 0.833 bits per heavy atom. The van der Waals surface area contributed by atoms with Crippen LogP contribution in [0, 0.1) is 6.92 Å². The standard InChI is InChI=1S/C25H21N3O2/c1-17-12-13-20(30-17)15-22-25(29)28-16-23(19-10-6-3-7-11-19)26-21(24(28)27-22)14-18-8-4-2-5-9-18/h2-13,16,29H,14-15H2,1H3. The molecule has 1 N–H and O–H groups in total. The minimum absolute atomic E-state index is 0.118. The zero-order chi connectivity index (χ0) is 20.5. The lowest BCUT2D eigenvalue weighted by Gasteiger charge is -2.08. The van der Waals surface area contributed by atoms with Crippen LogP contribution >= 0.6 is 0 Å². The van der Waals surface area contributed by atoms with Gasteiger partial charge in [-0.15, -0.1) is 0 Å². The largest absolute Gasteiger partial charge is 0.493 e. The van der Waals surface area contributed by atoms with E-state index in [1.165, 1.54) is 0 Å². The number of hydrogen-bond donors (Lipinski definition) is 1. The third-order valence-corrected chi connectivity index (χ3v) is 5.14. The molecule has 0 radical (unpaired) electrons. The van der Waals surface area contributed by atoms with E-state index in [0.717, 1.165) is 34.0 Å². The number of benzene rings is 2. The first-order chi connectivity index (χ1) is 14.7. The van der Waals surface area contributed by atoms with Crippen molar-refractivity contribution in [2.24, 2.45) is 0 Å². The normalized spacial score (nSPS) is 11.2. The second-order valence-corrected chi connectivity index (χ2v) is 7.37. The SMILES string of the molecule is Cc1ccc(Cc2nc3c(Cc4ccccc4)nc(-c4ccccc4)cn3c2O)o1. The first-order valence-electron chi connectivity index (χ1n) is 9.92. The van der Waals surface area contributed by atoms with E-state index in [2.05, 4.69) is 12.1 Å². The fourth-order valence-electron chi connectivity index (χ4n) is 3.66. The Morgan fingerprint density at radius 2 is 1.57 bits per heavy atom. The van der Waals surface area contributed by atoms with Gasteiger partial charge in [-0.1, -0.05) is 60.7 Å². The fourth-order valence-corrected chi connectivity index (χ4v) is 3.66. The maximum Gasteiger partial charge on any atom is 0.219 e. The van der Waals surface area contributed by atoms with Crippen LogP contribution in [0.2, 0.25) is 0 Å². The van der Waals surface area contributed by atoms with Crippen LogP contribution in [0.3, 0.4) is 0 Å². The molecule has 148 valence electrons. The molecule has 5 rings (SSSR count). The minimum atomic E-state index is 0.118. The van der Waals surface area contributed by atoms with Crippen molar-refractivity contribution in [1.29, 1.82) is 0 Å². The highest BCUT2D eigenvalue weighted by Crippen LogP contribution is 2.28. The average molecular weight is 395 g/mol. The van der Waals surface area contributed by atoms with Gasteiger partial charge in [0.15, 0.2) is 5.65 Å². The molecule has 0 saturated carbocycles. The quantitative estimate of drug-likeness (QED) is 0.445. The monoisotopic (exact) mass is 395 g/mol. The van der Waals surface area contributed by atoms with E-state index >= 15 is 0 Å². The molecule has 5 aromatic rings. The highest BCUT2D eigenvalue weighted by atomic mass is 16.3. The van der Waals surface area contributed by atoms with Crippen molar-refractivity contribution in [2.75, 3.05) is 0 Å². The molecule has 2 aromatic carbocycles. The van der Waals surface area contributed by atoms with Crippen LogP contribution in [-0.4, -0.2) is 19.5 Å². The number of imidazole rings is 1. The smallest absolute Gasteiger partial charge is 0.219 e. The molecule has 0 aliphatic heterocycles. The first-order valence-corrected chi connectivity index (χ1v) is 9.92. The van der Waals surface area contributed by atoms with Crippen molar-refractivity contribution in [3.8, 4) is 17.1 Å². The number of aromatic nitrogens is 3. The molecule has 0 aliphatic rings. The third kappa shape index (κ3) is 3.46. The predicted molar refractivity (Wildman–Crippen MR) is 116 cm³/mol. The summed E-state index contributed by atoms with van der Waals surface area (Å²) < 4.78 is 7.42. The molecule has 3 heterocycles. The zero-order valence-electron chi connectivity index (χ0n) is 16.6. The average Bonchev–Trinajstić information content (AvgIpc) is 3.33.